The van der Waals surface area contributed by atoms with Crippen molar-refractivity contribution in [1.29, 1.82) is 0 Å². The number of hydrogen-bond donors (Lipinski definition) is 2. The minimum Gasteiger partial charge on any atom is -0.494 e. The van der Waals surface area contributed by atoms with Gasteiger partial charge >= 0.3 is 0 Å². The van der Waals surface area contributed by atoms with E-state index in [4.69, 9.17) is 10.5 Å². The van der Waals surface area contributed by atoms with E-state index >= 15 is 0 Å². The van der Waals surface area contributed by atoms with E-state index in [-0.39, 0.29) is 11.4 Å². The summed E-state index contributed by atoms with van der Waals surface area (Å²) in [6, 6.07) is 3.68. The van der Waals surface area contributed by atoms with Gasteiger partial charge in [-0.15, -0.1) is 0 Å². The number of amides is 1. The molecular formula is C21H27N5O3. The molecule has 29 heavy (non-hydrogen) atoms. The fraction of sp³-hybridized carbons (Fsp3) is 0.333. The standard InChI is InChI=1S/C21H27N5O3/c1-6-8-15(11-23-5)25-20(27)17-19(22)24-12-26(21(17)28)18-13(3)9-16(29-7-2)10-14(18)4/h8-12H,6-7,22H2,1-5H3,(H,25,27)/b15-8+,23-11?. The first kappa shape index (κ1) is 21.9. The lowest BCUT2D eigenvalue weighted by molar-refractivity contribution is 0.0966. The quantitative estimate of drug-likeness (QED) is 0.698. The van der Waals surface area contributed by atoms with E-state index in [1.54, 1.807) is 13.1 Å². The van der Waals surface area contributed by atoms with Crippen LogP contribution in [0.1, 0.15) is 41.8 Å². The van der Waals surface area contributed by atoms with Crippen molar-refractivity contribution in [1.82, 2.24) is 14.9 Å². The van der Waals surface area contributed by atoms with E-state index in [2.05, 4.69) is 15.3 Å². The smallest absolute Gasteiger partial charge is 0.272 e. The largest absolute Gasteiger partial charge is 0.494 e. The number of hydrogen-bond acceptors (Lipinski definition) is 6. The van der Waals surface area contributed by atoms with Crippen LogP contribution in [0.15, 0.2) is 40.0 Å². The third-order valence-corrected chi connectivity index (χ3v) is 4.19. The average molecular weight is 397 g/mol. The van der Waals surface area contributed by atoms with Gasteiger partial charge in [0, 0.05) is 13.3 Å². The van der Waals surface area contributed by atoms with Crippen molar-refractivity contribution >= 4 is 17.9 Å². The minimum atomic E-state index is -0.629. The second-order valence-electron chi connectivity index (χ2n) is 6.43. The van der Waals surface area contributed by atoms with Crippen molar-refractivity contribution in [3.63, 3.8) is 0 Å². The first-order valence-electron chi connectivity index (χ1n) is 9.39. The zero-order chi connectivity index (χ0) is 21.6. The van der Waals surface area contributed by atoms with Crippen LogP contribution in [0.4, 0.5) is 5.82 Å². The molecule has 8 heteroatoms. The van der Waals surface area contributed by atoms with E-state index in [1.165, 1.54) is 17.1 Å². The van der Waals surface area contributed by atoms with Gasteiger partial charge in [0.05, 0.1) is 18.0 Å². The zero-order valence-electron chi connectivity index (χ0n) is 17.4. The highest BCUT2D eigenvalue weighted by Gasteiger charge is 2.20. The number of nitrogens with one attached hydrogen (secondary N) is 1. The number of nitrogen functional groups attached to an aromatic ring is 1. The molecule has 2 rings (SSSR count). The molecule has 0 spiro atoms. The van der Waals surface area contributed by atoms with Crippen LogP contribution in [0.25, 0.3) is 5.69 Å². The summed E-state index contributed by atoms with van der Waals surface area (Å²) in [5.74, 6) is -0.0432. The first-order valence-corrected chi connectivity index (χ1v) is 9.39. The molecule has 1 amide bonds. The summed E-state index contributed by atoms with van der Waals surface area (Å²) in [4.78, 5) is 33.9. The monoisotopic (exact) mass is 397 g/mol. The normalized spacial score (nSPS) is 11.7. The van der Waals surface area contributed by atoms with Crippen LogP contribution in [-0.2, 0) is 0 Å². The number of aliphatic imine (C=N–C) groups is 1. The van der Waals surface area contributed by atoms with Crippen molar-refractivity contribution < 1.29 is 9.53 Å². The highest BCUT2D eigenvalue weighted by atomic mass is 16.5. The van der Waals surface area contributed by atoms with Crippen LogP contribution in [-0.4, -0.2) is 35.3 Å². The molecule has 0 aliphatic heterocycles. The molecule has 154 valence electrons. The van der Waals surface area contributed by atoms with Crippen LogP contribution in [0.5, 0.6) is 5.75 Å². The third-order valence-electron chi connectivity index (χ3n) is 4.19. The topological polar surface area (TPSA) is 112 Å². The molecule has 1 heterocycles. The lowest BCUT2D eigenvalue weighted by Crippen LogP contribution is -2.34. The van der Waals surface area contributed by atoms with E-state index in [0.717, 1.165) is 11.1 Å². The molecule has 0 saturated carbocycles. The van der Waals surface area contributed by atoms with E-state index < -0.39 is 11.5 Å². The molecule has 0 atom stereocenters. The Morgan fingerprint density at radius 2 is 1.97 bits per heavy atom. The van der Waals surface area contributed by atoms with Crippen LogP contribution < -0.4 is 21.3 Å². The van der Waals surface area contributed by atoms with Gasteiger partial charge < -0.3 is 15.8 Å². The Hall–Kier alpha value is -3.42. The number of ether oxygens (including phenoxy) is 1. The average Bonchev–Trinajstić information content (AvgIpc) is 2.63. The van der Waals surface area contributed by atoms with Crippen molar-refractivity contribution in [2.24, 2.45) is 4.99 Å². The molecule has 0 aliphatic carbocycles. The minimum absolute atomic E-state index is 0.130. The van der Waals surface area contributed by atoms with E-state index in [0.29, 0.717) is 30.2 Å². The Morgan fingerprint density at radius 1 is 1.31 bits per heavy atom. The number of anilines is 1. The maximum absolute atomic E-state index is 13.1. The highest BCUT2D eigenvalue weighted by molar-refractivity contribution is 6.01. The summed E-state index contributed by atoms with van der Waals surface area (Å²) in [5.41, 5.74) is 7.87. The molecular weight excluding hydrogens is 370 g/mol. The number of benzene rings is 1. The molecule has 0 bridgehead atoms. The van der Waals surface area contributed by atoms with Crippen LogP contribution >= 0.6 is 0 Å². The molecule has 2 aromatic rings. The van der Waals surface area contributed by atoms with Crippen molar-refractivity contribution in [3.05, 3.63) is 57.3 Å². The van der Waals surface area contributed by atoms with Gasteiger partial charge in [-0.1, -0.05) is 13.0 Å². The van der Waals surface area contributed by atoms with Crippen LogP contribution in [0.3, 0.4) is 0 Å². The molecule has 0 fully saturated rings. The number of rotatable bonds is 7. The van der Waals surface area contributed by atoms with Gasteiger partial charge in [-0.05, 0) is 50.5 Å². The van der Waals surface area contributed by atoms with Crippen LogP contribution in [0, 0.1) is 13.8 Å². The van der Waals surface area contributed by atoms with Crippen molar-refractivity contribution in [2.45, 2.75) is 34.1 Å². The Kier molecular flexibility index (Phi) is 7.30. The van der Waals surface area contributed by atoms with Gasteiger partial charge in [-0.25, -0.2) is 4.98 Å². The number of aryl methyl sites for hydroxylation is 2. The number of nitrogens with two attached hydrogens (primary N) is 1. The third kappa shape index (κ3) is 4.90. The fourth-order valence-corrected chi connectivity index (χ4v) is 3.07. The number of nitrogens with zero attached hydrogens (tertiary/aromatic N) is 3. The predicted molar refractivity (Wildman–Crippen MR) is 115 cm³/mol. The highest BCUT2D eigenvalue weighted by Crippen LogP contribution is 2.24. The summed E-state index contributed by atoms with van der Waals surface area (Å²) in [6.45, 7) is 8.11. The number of carbonyl (C=O) groups excluding carboxylic acids is 1. The first-order chi connectivity index (χ1) is 13.8. The second-order valence-corrected chi connectivity index (χ2v) is 6.43. The summed E-state index contributed by atoms with van der Waals surface area (Å²) < 4.78 is 6.89. The van der Waals surface area contributed by atoms with E-state index in [9.17, 15) is 9.59 Å². The summed E-state index contributed by atoms with van der Waals surface area (Å²) in [7, 11) is 1.60. The molecule has 1 aromatic carbocycles. The molecule has 0 radical (unpaired) electrons. The summed E-state index contributed by atoms with van der Waals surface area (Å²) in [6.07, 6.45) is 5.32. The molecule has 8 nitrogen and oxygen atoms in total. The zero-order valence-corrected chi connectivity index (χ0v) is 17.4. The van der Waals surface area contributed by atoms with Crippen LogP contribution in [0.2, 0.25) is 0 Å². The number of allylic oxidation sites excluding steroid dienone is 2. The maximum atomic E-state index is 13.1. The molecule has 3 N–H and O–H groups in total. The SMILES string of the molecule is CC/C=C(\C=NC)NC(=O)c1c(N)ncn(-c2c(C)cc(OCC)cc2C)c1=O. The lowest BCUT2D eigenvalue weighted by Gasteiger charge is -2.16. The Labute approximate surface area is 170 Å². The Morgan fingerprint density at radius 3 is 2.52 bits per heavy atom. The summed E-state index contributed by atoms with van der Waals surface area (Å²) >= 11 is 0. The van der Waals surface area contributed by atoms with Gasteiger partial charge in [0.1, 0.15) is 23.5 Å². The summed E-state index contributed by atoms with van der Waals surface area (Å²) in [5, 5.41) is 2.67. The fourth-order valence-electron chi connectivity index (χ4n) is 3.07. The van der Waals surface area contributed by atoms with Crippen molar-refractivity contribution in [3.8, 4) is 11.4 Å². The Bertz CT molecular complexity index is 998. The number of aromatic nitrogens is 2. The number of carbonyl (C=O) groups is 1. The van der Waals surface area contributed by atoms with Gasteiger partial charge in [0.2, 0.25) is 0 Å². The molecule has 0 saturated heterocycles. The molecule has 1 aromatic heterocycles. The molecule has 0 unspecified atom stereocenters. The van der Waals surface area contributed by atoms with Gasteiger partial charge in [0.25, 0.3) is 11.5 Å². The second kappa shape index (κ2) is 9.68. The Balaban J connectivity index is 2.56. The predicted octanol–water partition coefficient (Wildman–Crippen LogP) is 2.55. The maximum Gasteiger partial charge on any atom is 0.272 e. The van der Waals surface area contributed by atoms with E-state index in [1.807, 2.05) is 39.8 Å². The van der Waals surface area contributed by atoms with Gasteiger partial charge in [-0.3, -0.25) is 19.1 Å². The molecule has 0 aliphatic rings. The van der Waals surface area contributed by atoms with Gasteiger partial charge in [0.15, 0.2) is 0 Å². The van der Waals surface area contributed by atoms with Gasteiger partial charge in [-0.2, -0.15) is 0 Å². The lowest BCUT2D eigenvalue weighted by atomic mass is 10.1. The van der Waals surface area contributed by atoms with Crippen molar-refractivity contribution in [2.75, 3.05) is 19.4 Å².